The summed E-state index contributed by atoms with van der Waals surface area (Å²) < 4.78 is 5.01. The summed E-state index contributed by atoms with van der Waals surface area (Å²) in [5, 5.41) is 1.01. The summed E-state index contributed by atoms with van der Waals surface area (Å²) in [4.78, 5) is 19.1. The normalized spacial score (nSPS) is 18.9. The van der Waals surface area contributed by atoms with Crippen LogP contribution in [0.4, 0.5) is 0 Å². The minimum absolute atomic E-state index is 0.266. The van der Waals surface area contributed by atoms with Gasteiger partial charge in [0.2, 0.25) is 5.88 Å². The minimum Gasteiger partial charge on any atom is -0.481 e. The van der Waals surface area contributed by atoms with Gasteiger partial charge in [0.05, 0.1) is 18.2 Å². The van der Waals surface area contributed by atoms with Crippen molar-refractivity contribution in [3.63, 3.8) is 0 Å². The molecule has 1 unspecified atom stereocenters. The van der Waals surface area contributed by atoms with Crippen molar-refractivity contribution in [3.05, 3.63) is 23.9 Å². The van der Waals surface area contributed by atoms with E-state index < -0.39 is 0 Å². The van der Waals surface area contributed by atoms with Crippen molar-refractivity contribution in [1.29, 1.82) is 0 Å². The van der Waals surface area contributed by atoms with Gasteiger partial charge in [-0.25, -0.2) is 4.98 Å². The van der Waals surface area contributed by atoms with E-state index in [9.17, 15) is 4.79 Å². The van der Waals surface area contributed by atoms with Crippen LogP contribution in [0.2, 0.25) is 0 Å². The highest BCUT2D eigenvalue weighted by molar-refractivity contribution is 8.14. The topological polar surface area (TPSA) is 51.5 Å². The molecule has 1 aliphatic rings. The highest BCUT2D eigenvalue weighted by atomic mass is 32.2. The van der Waals surface area contributed by atoms with Crippen LogP contribution in [-0.2, 0) is 4.79 Å². The highest BCUT2D eigenvalue weighted by Gasteiger charge is 2.19. The van der Waals surface area contributed by atoms with E-state index in [1.54, 1.807) is 25.1 Å². The van der Waals surface area contributed by atoms with Gasteiger partial charge < -0.3 is 9.53 Å². The Morgan fingerprint density at radius 2 is 2.47 bits per heavy atom. The van der Waals surface area contributed by atoms with E-state index in [4.69, 9.17) is 4.74 Å². The SMILES string of the molecule is COc1ccc(C2=NC(CCC=O)CS2)cn1. The molecule has 0 spiro atoms. The number of hydrogen-bond acceptors (Lipinski definition) is 5. The van der Waals surface area contributed by atoms with Gasteiger partial charge in [-0.3, -0.25) is 4.99 Å². The number of methoxy groups -OCH3 is 1. The van der Waals surface area contributed by atoms with Crippen LogP contribution in [0, 0.1) is 0 Å². The molecule has 0 N–H and O–H groups in total. The first kappa shape index (κ1) is 12.1. The highest BCUT2D eigenvalue weighted by Crippen LogP contribution is 2.25. The van der Waals surface area contributed by atoms with Crippen LogP contribution >= 0.6 is 11.8 Å². The van der Waals surface area contributed by atoms with Crippen molar-refractivity contribution < 1.29 is 9.53 Å². The molecule has 0 aliphatic carbocycles. The second-order valence-electron chi connectivity index (χ2n) is 3.73. The van der Waals surface area contributed by atoms with Gasteiger partial charge in [-0.2, -0.15) is 0 Å². The molecule has 0 bridgehead atoms. The van der Waals surface area contributed by atoms with E-state index in [0.717, 1.165) is 29.1 Å². The number of rotatable bonds is 5. The minimum atomic E-state index is 0.266. The molecule has 90 valence electrons. The standard InChI is InChI=1S/C12H14N2O2S/c1-16-11-5-4-9(7-13-11)12-14-10(8-17-12)3-2-6-15/h4-7,10H,2-3,8H2,1H3. The van der Waals surface area contributed by atoms with Crippen LogP contribution in [0.15, 0.2) is 23.3 Å². The third-order valence-corrected chi connectivity index (χ3v) is 3.69. The quantitative estimate of drug-likeness (QED) is 0.749. The first-order valence-corrected chi connectivity index (χ1v) is 6.46. The number of nitrogens with zero attached hydrogens (tertiary/aromatic N) is 2. The van der Waals surface area contributed by atoms with Crippen LogP contribution in [0.1, 0.15) is 18.4 Å². The Morgan fingerprint density at radius 3 is 3.12 bits per heavy atom. The maximum Gasteiger partial charge on any atom is 0.212 e. The summed E-state index contributed by atoms with van der Waals surface area (Å²) in [5.74, 6) is 1.56. The second kappa shape index (κ2) is 5.82. The maximum atomic E-state index is 10.3. The summed E-state index contributed by atoms with van der Waals surface area (Å²) in [5.41, 5.74) is 1.02. The molecule has 0 fully saturated rings. The van der Waals surface area contributed by atoms with E-state index in [1.165, 1.54) is 0 Å². The third-order valence-electron chi connectivity index (χ3n) is 2.52. The number of aromatic nitrogens is 1. The summed E-state index contributed by atoms with van der Waals surface area (Å²) >= 11 is 1.72. The van der Waals surface area contributed by atoms with E-state index >= 15 is 0 Å². The molecule has 0 saturated heterocycles. The van der Waals surface area contributed by atoms with Crippen LogP contribution in [0.25, 0.3) is 0 Å². The Bertz CT molecular complexity index is 417. The number of carbonyl (C=O) groups is 1. The van der Waals surface area contributed by atoms with Gasteiger partial charge in [0, 0.05) is 30.0 Å². The molecule has 0 aromatic carbocycles. The van der Waals surface area contributed by atoms with Crippen molar-refractivity contribution in [3.8, 4) is 5.88 Å². The molecule has 0 radical (unpaired) electrons. The third kappa shape index (κ3) is 3.06. The molecule has 2 heterocycles. The monoisotopic (exact) mass is 250 g/mol. The van der Waals surface area contributed by atoms with Crippen molar-refractivity contribution in [2.24, 2.45) is 4.99 Å². The van der Waals surface area contributed by atoms with E-state index in [2.05, 4.69) is 9.98 Å². The van der Waals surface area contributed by atoms with Crippen LogP contribution in [0.5, 0.6) is 5.88 Å². The Hall–Kier alpha value is -1.36. The van der Waals surface area contributed by atoms with Crippen molar-refractivity contribution in [2.75, 3.05) is 12.9 Å². The van der Waals surface area contributed by atoms with Gasteiger partial charge in [-0.15, -0.1) is 11.8 Å². The Morgan fingerprint density at radius 1 is 1.59 bits per heavy atom. The lowest BCUT2D eigenvalue weighted by atomic mass is 10.2. The van der Waals surface area contributed by atoms with Gasteiger partial charge in [0.1, 0.15) is 6.29 Å². The second-order valence-corrected chi connectivity index (χ2v) is 4.74. The fourth-order valence-electron chi connectivity index (χ4n) is 1.61. The van der Waals surface area contributed by atoms with Gasteiger partial charge in [-0.1, -0.05) is 0 Å². The zero-order valence-corrected chi connectivity index (χ0v) is 10.4. The summed E-state index contributed by atoms with van der Waals surface area (Å²) in [6.07, 6.45) is 4.15. The number of aliphatic imine (C=N–C) groups is 1. The molecule has 5 heteroatoms. The van der Waals surface area contributed by atoms with Crippen LogP contribution < -0.4 is 4.74 Å². The van der Waals surface area contributed by atoms with Gasteiger partial charge >= 0.3 is 0 Å². The lowest BCUT2D eigenvalue weighted by molar-refractivity contribution is -0.107. The first-order valence-electron chi connectivity index (χ1n) is 5.48. The average molecular weight is 250 g/mol. The van der Waals surface area contributed by atoms with Crippen molar-refractivity contribution in [1.82, 2.24) is 4.98 Å². The molecule has 17 heavy (non-hydrogen) atoms. The average Bonchev–Trinajstić information content (AvgIpc) is 2.85. The fraction of sp³-hybridized carbons (Fsp3) is 0.417. The summed E-state index contributed by atoms with van der Waals surface area (Å²) in [6.45, 7) is 0. The number of carbonyl (C=O) groups excluding carboxylic acids is 1. The summed E-state index contributed by atoms with van der Waals surface area (Å²) in [6, 6.07) is 4.05. The van der Waals surface area contributed by atoms with Crippen molar-refractivity contribution >= 4 is 23.1 Å². The zero-order valence-electron chi connectivity index (χ0n) is 9.63. The largest absolute Gasteiger partial charge is 0.481 e. The number of thioether (sulfide) groups is 1. The Balaban J connectivity index is 2.04. The van der Waals surface area contributed by atoms with E-state index in [0.29, 0.717) is 12.3 Å². The van der Waals surface area contributed by atoms with Crippen LogP contribution in [0.3, 0.4) is 0 Å². The molecule has 0 saturated carbocycles. The Labute approximate surface area is 104 Å². The first-order chi connectivity index (χ1) is 8.33. The number of pyridine rings is 1. The van der Waals surface area contributed by atoms with Gasteiger partial charge in [0.15, 0.2) is 0 Å². The molecule has 1 aromatic rings. The van der Waals surface area contributed by atoms with Gasteiger partial charge in [0.25, 0.3) is 0 Å². The predicted octanol–water partition coefficient (Wildman–Crippen LogP) is 1.93. The van der Waals surface area contributed by atoms with Crippen molar-refractivity contribution in [2.45, 2.75) is 18.9 Å². The number of hydrogen-bond donors (Lipinski definition) is 0. The molecule has 0 amide bonds. The molecule has 1 aliphatic heterocycles. The molecular weight excluding hydrogens is 236 g/mol. The Kier molecular flexibility index (Phi) is 4.14. The molecule has 1 aromatic heterocycles. The lowest BCUT2D eigenvalue weighted by Crippen LogP contribution is -2.03. The molecule has 2 rings (SSSR count). The smallest absolute Gasteiger partial charge is 0.212 e. The van der Waals surface area contributed by atoms with E-state index in [1.807, 2.05) is 12.1 Å². The maximum absolute atomic E-state index is 10.3. The molecule has 1 atom stereocenters. The zero-order chi connectivity index (χ0) is 12.1. The molecular formula is C12H14N2O2S. The van der Waals surface area contributed by atoms with Crippen LogP contribution in [-0.4, -0.2) is 35.2 Å². The van der Waals surface area contributed by atoms with E-state index in [-0.39, 0.29) is 6.04 Å². The van der Waals surface area contributed by atoms with Gasteiger partial charge in [-0.05, 0) is 12.5 Å². The predicted molar refractivity (Wildman–Crippen MR) is 68.9 cm³/mol. The summed E-state index contributed by atoms with van der Waals surface area (Å²) in [7, 11) is 1.60. The fourth-order valence-corrected chi connectivity index (χ4v) is 2.71. The molecule has 4 nitrogen and oxygen atoms in total. The lowest BCUT2D eigenvalue weighted by Gasteiger charge is -2.01. The number of aldehydes is 1. The number of ether oxygens (including phenoxy) is 1.